The fourth-order valence-corrected chi connectivity index (χ4v) is 3.10. The first-order valence-corrected chi connectivity index (χ1v) is 8.97. The molecule has 3 aromatic rings. The second-order valence-electron chi connectivity index (χ2n) is 5.98. The maximum Gasteiger partial charge on any atom is 0.128 e. The van der Waals surface area contributed by atoms with Crippen molar-refractivity contribution in [2.24, 2.45) is 4.99 Å². The molecule has 0 fully saturated rings. The Balaban J connectivity index is 1.33. The van der Waals surface area contributed by atoms with Gasteiger partial charge in [-0.05, 0) is 48.5 Å². The maximum absolute atomic E-state index is 6.03. The van der Waals surface area contributed by atoms with Crippen LogP contribution in [0.3, 0.4) is 0 Å². The van der Waals surface area contributed by atoms with Crippen LogP contribution < -0.4 is 15.4 Å². The number of halogens is 1. The van der Waals surface area contributed by atoms with Crippen LogP contribution in [-0.2, 0) is 0 Å². The molecule has 0 aliphatic carbocycles. The van der Waals surface area contributed by atoms with Crippen LogP contribution in [0, 0.1) is 0 Å². The van der Waals surface area contributed by atoms with Gasteiger partial charge in [-0.15, -0.1) is 0 Å². The molecule has 1 aliphatic heterocycles. The van der Waals surface area contributed by atoms with Crippen LogP contribution in [-0.4, -0.2) is 37.1 Å². The van der Waals surface area contributed by atoms with Crippen LogP contribution in [0.5, 0.6) is 5.75 Å². The van der Waals surface area contributed by atoms with Gasteiger partial charge < -0.3 is 15.4 Å². The van der Waals surface area contributed by atoms with Gasteiger partial charge in [0.2, 0.25) is 0 Å². The van der Waals surface area contributed by atoms with Crippen molar-refractivity contribution in [1.82, 2.24) is 10.3 Å². The first kappa shape index (κ1) is 16.7. The Morgan fingerprint density at radius 3 is 2.81 bits per heavy atom. The number of hydrogen-bond donors (Lipinski definition) is 2. The highest BCUT2D eigenvalue weighted by Crippen LogP contribution is 2.24. The van der Waals surface area contributed by atoms with Gasteiger partial charge in [0, 0.05) is 40.9 Å². The number of benzene rings is 2. The first-order chi connectivity index (χ1) is 12.8. The Morgan fingerprint density at radius 2 is 2.00 bits per heavy atom. The molecule has 0 saturated carbocycles. The van der Waals surface area contributed by atoms with Gasteiger partial charge in [0.25, 0.3) is 0 Å². The molecule has 0 radical (unpaired) electrons. The van der Waals surface area contributed by atoms with Crippen molar-refractivity contribution in [2.45, 2.75) is 0 Å². The zero-order chi connectivity index (χ0) is 17.8. The molecule has 0 saturated heterocycles. The van der Waals surface area contributed by atoms with Crippen LogP contribution in [0.4, 0.5) is 5.69 Å². The van der Waals surface area contributed by atoms with E-state index < -0.39 is 0 Å². The third kappa shape index (κ3) is 3.73. The van der Waals surface area contributed by atoms with E-state index in [-0.39, 0.29) is 0 Å². The Kier molecular flexibility index (Phi) is 4.88. The normalized spacial score (nSPS) is 13.3. The number of ether oxygens (including phenoxy) is 1. The molecule has 0 bridgehead atoms. The SMILES string of the molecule is Clc1ccc2c(NCCOc3ccc(C4=NCCN4)cc3)ccnc2c1. The molecule has 2 N–H and O–H groups in total. The molecule has 4 rings (SSSR count). The minimum Gasteiger partial charge on any atom is -0.492 e. The molecule has 1 aliphatic rings. The topological polar surface area (TPSA) is 58.5 Å². The standard InChI is InChI=1S/C20H19ClN4O/c21-15-3-6-17-18(7-8-22-19(17)13-15)23-11-12-26-16-4-1-14(2-5-16)20-24-9-10-25-20/h1-8,13H,9-12H2,(H,22,23)(H,24,25). The van der Waals surface area contributed by atoms with E-state index in [0.717, 1.165) is 46.8 Å². The van der Waals surface area contributed by atoms with Gasteiger partial charge in [-0.25, -0.2) is 0 Å². The molecule has 5 nitrogen and oxygen atoms in total. The van der Waals surface area contributed by atoms with Gasteiger partial charge >= 0.3 is 0 Å². The van der Waals surface area contributed by atoms with Crippen LogP contribution in [0.25, 0.3) is 10.9 Å². The van der Waals surface area contributed by atoms with Crippen molar-refractivity contribution in [3.05, 3.63) is 65.3 Å². The number of nitrogens with one attached hydrogen (secondary N) is 2. The molecule has 6 heteroatoms. The van der Waals surface area contributed by atoms with Crippen LogP contribution in [0.2, 0.25) is 5.02 Å². The van der Waals surface area contributed by atoms with Crippen LogP contribution >= 0.6 is 11.6 Å². The Hall–Kier alpha value is -2.79. The highest BCUT2D eigenvalue weighted by molar-refractivity contribution is 6.31. The van der Waals surface area contributed by atoms with Crippen molar-refractivity contribution in [1.29, 1.82) is 0 Å². The lowest BCUT2D eigenvalue weighted by Crippen LogP contribution is -2.19. The lowest BCUT2D eigenvalue weighted by atomic mass is 10.2. The third-order valence-corrected chi connectivity index (χ3v) is 4.43. The average molecular weight is 367 g/mol. The minimum absolute atomic E-state index is 0.565. The second-order valence-corrected chi connectivity index (χ2v) is 6.41. The number of fused-ring (bicyclic) bond motifs is 1. The van der Waals surface area contributed by atoms with Crippen molar-refractivity contribution < 1.29 is 4.74 Å². The summed E-state index contributed by atoms with van der Waals surface area (Å²) in [5, 5.41) is 8.40. The predicted octanol–water partition coefficient (Wildman–Crippen LogP) is 3.73. The van der Waals surface area contributed by atoms with Gasteiger partial charge in [-0.2, -0.15) is 0 Å². The first-order valence-electron chi connectivity index (χ1n) is 8.59. The summed E-state index contributed by atoms with van der Waals surface area (Å²) in [6.07, 6.45) is 1.78. The highest BCUT2D eigenvalue weighted by Gasteiger charge is 2.07. The zero-order valence-corrected chi connectivity index (χ0v) is 15.0. The summed E-state index contributed by atoms with van der Waals surface area (Å²) in [4.78, 5) is 8.77. The smallest absolute Gasteiger partial charge is 0.128 e. The van der Waals surface area contributed by atoms with E-state index in [4.69, 9.17) is 16.3 Å². The van der Waals surface area contributed by atoms with E-state index in [1.54, 1.807) is 6.20 Å². The van der Waals surface area contributed by atoms with Crippen molar-refractivity contribution in [3.8, 4) is 5.75 Å². The van der Waals surface area contributed by atoms with Gasteiger partial charge in [0.1, 0.15) is 18.2 Å². The molecule has 2 heterocycles. The number of aliphatic imine (C=N–C) groups is 1. The molecule has 1 aromatic heterocycles. The van der Waals surface area contributed by atoms with E-state index in [0.29, 0.717) is 18.2 Å². The van der Waals surface area contributed by atoms with E-state index in [1.165, 1.54) is 0 Å². The van der Waals surface area contributed by atoms with Crippen molar-refractivity contribution in [2.75, 3.05) is 31.6 Å². The molecular weight excluding hydrogens is 348 g/mol. The minimum atomic E-state index is 0.565. The molecule has 2 aromatic carbocycles. The summed E-state index contributed by atoms with van der Waals surface area (Å²) >= 11 is 6.03. The second kappa shape index (κ2) is 7.62. The number of anilines is 1. The van der Waals surface area contributed by atoms with Gasteiger partial charge in [0.15, 0.2) is 0 Å². The maximum atomic E-state index is 6.03. The van der Waals surface area contributed by atoms with Gasteiger partial charge in [-0.1, -0.05) is 11.6 Å². The molecule has 26 heavy (non-hydrogen) atoms. The number of pyridine rings is 1. The van der Waals surface area contributed by atoms with Gasteiger partial charge in [0.05, 0.1) is 12.1 Å². The zero-order valence-electron chi connectivity index (χ0n) is 14.2. The lowest BCUT2D eigenvalue weighted by Gasteiger charge is -2.11. The molecule has 0 amide bonds. The number of rotatable bonds is 6. The third-order valence-electron chi connectivity index (χ3n) is 4.19. The number of hydrogen-bond acceptors (Lipinski definition) is 5. The van der Waals surface area contributed by atoms with Crippen LogP contribution in [0.15, 0.2) is 59.7 Å². The Labute approximate surface area is 157 Å². The number of aromatic nitrogens is 1. The molecule has 0 atom stereocenters. The van der Waals surface area contributed by atoms with E-state index in [1.807, 2.05) is 48.5 Å². The number of amidine groups is 1. The predicted molar refractivity (Wildman–Crippen MR) is 107 cm³/mol. The van der Waals surface area contributed by atoms with Crippen LogP contribution in [0.1, 0.15) is 5.56 Å². The summed E-state index contributed by atoms with van der Waals surface area (Å²) < 4.78 is 5.82. The van der Waals surface area contributed by atoms with Crippen molar-refractivity contribution in [3.63, 3.8) is 0 Å². The summed E-state index contributed by atoms with van der Waals surface area (Å²) in [5.74, 6) is 1.81. The largest absolute Gasteiger partial charge is 0.492 e. The summed E-state index contributed by atoms with van der Waals surface area (Å²) in [6, 6.07) is 15.7. The molecule has 0 spiro atoms. The lowest BCUT2D eigenvalue weighted by molar-refractivity contribution is 0.333. The summed E-state index contributed by atoms with van der Waals surface area (Å²) in [6.45, 7) is 3.01. The van der Waals surface area contributed by atoms with E-state index in [9.17, 15) is 0 Å². The van der Waals surface area contributed by atoms with Gasteiger partial charge in [-0.3, -0.25) is 9.98 Å². The highest BCUT2D eigenvalue weighted by atomic mass is 35.5. The monoisotopic (exact) mass is 366 g/mol. The quantitative estimate of drug-likeness (QED) is 0.653. The molecular formula is C20H19ClN4O. The fraction of sp³-hybridized carbons (Fsp3) is 0.200. The Morgan fingerprint density at radius 1 is 1.12 bits per heavy atom. The summed E-state index contributed by atoms with van der Waals surface area (Å²) in [7, 11) is 0. The summed E-state index contributed by atoms with van der Waals surface area (Å²) in [5.41, 5.74) is 2.99. The van der Waals surface area contributed by atoms with Crippen molar-refractivity contribution >= 4 is 34.0 Å². The fourth-order valence-electron chi connectivity index (χ4n) is 2.93. The van der Waals surface area contributed by atoms with E-state index in [2.05, 4.69) is 20.6 Å². The molecule has 0 unspecified atom stereocenters. The Bertz CT molecular complexity index is 940. The number of nitrogens with zero attached hydrogens (tertiary/aromatic N) is 2. The van der Waals surface area contributed by atoms with E-state index >= 15 is 0 Å². The average Bonchev–Trinajstić information content (AvgIpc) is 3.20. The molecule has 132 valence electrons.